The van der Waals surface area contributed by atoms with Gasteiger partial charge in [-0.1, -0.05) is 0 Å². The molecule has 0 aromatic carbocycles. The molecule has 0 bridgehead atoms. The Balaban J connectivity index is 1.55. The summed E-state index contributed by atoms with van der Waals surface area (Å²) >= 11 is 0. The largest absolute Gasteiger partial charge is 0.381 e. The Morgan fingerprint density at radius 3 is 2.82 bits per heavy atom. The molecule has 120 valence electrons. The first-order chi connectivity index (χ1) is 10.5. The van der Waals surface area contributed by atoms with E-state index in [-0.39, 0.29) is 23.7 Å². The van der Waals surface area contributed by atoms with Crippen molar-refractivity contribution in [1.29, 1.82) is 0 Å². The van der Waals surface area contributed by atoms with Crippen molar-refractivity contribution in [1.82, 2.24) is 15.1 Å². The highest BCUT2D eigenvalue weighted by atomic mass is 16.5. The quantitative estimate of drug-likeness (QED) is 0.795. The van der Waals surface area contributed by atoms with Gasteiger partial charge in [-0.05, 0) is 30.7 Å². The number of primary amides is 1. The SMILES string of the molecule is Cn1cc([C@@H]2C[C@H]2C(=O)NCC2(C(N)=O)CCOCC2)cn1. The minimum atomic E-state index is -0.660. The number of nitrogens with one attached hydrogen (secondary N) is 1. The molecule has 3 N–H and O–H groups in total. The van der Waals surface area contributed by atoms with Crippen LogP contribution in [0.4, 0.5) is 0 Å². The van der Waals surface area contributed by atoms with Crippen LogP contribution >= 0.6 is 0 Å². The number of rotatable bonds is 5. The van der Waals surface area contributed by atoms with E-state index in [9.17, 15) is 9.59 Å². The molecule has 2 amide bonds. The van der Waals surface area contributed by atoms with Crippen LogP contribution in [0.25, 0.3) is 0 Å². The van der Waals surface area contributed by atoms with E-state index in [4.69, 9.17) is 10.5 Å². The Kier molecular flexibility index (Phi) is 3.90. The molecule has 1 aliphatic heterocycles. The molecule has 1 aromatic heterocycles. The van der Waals surface area contributed by atoms with Crippen LogP contribution in [0.15, 0.2) is 12.4 Å². The molecule has 7 nitrogen and oxygen atoms in total. The Labute approximate surface area is 129 Å². The van der Waals surface area contributed by atoms with Gasteiger partial charge in [-0.15, -0.1) is 0 Å². The maximum Gasteiger partial charge on any atom is 0.225 e. The number of aryl methyl sites for hydroxylation is 1. The summed E-state index contributed by atoms with van der Waals surface area (Å²) in [5.74, 6) is -0.126. The van der Waals surface area contributed by atoms with Crippen molar-refractivity contribution in [2.45, 2.75) is 25.2 Å². The van der Waals surface area contributed by atoms with Crippen molar-refractivity contribution >= 4 is 11.8 Å². The van der Waals surface area contributed by atoms with Crippen LogP contribution in [-0.2, 0) is 21.4 Å². The molecule has 22 heavy (non-hydrogen) atoms. The summed E-state index contributed by atoms with van der Waals surface area (Å²) in [7, 11) is 1.86. The number of aromatic nitrogens is 2. The second kappa shape index (κ2) is 5.72. The van der Waals surface area contributed by atoms with Crippen LogP contribution in [0.3, 0.4) is 0 Å². The van der Waals surface area contributed by atoms with E-state index in [0.717, 1.165) is 12.0 Å². The van der Waals surface area contributed by atoms with Gasteiger partial charge in [0.1, 0.15) is 0 Å². The van der Waals surface area contributed by atoms with Gasteiger partial charge < -0.3 is 15.8 Å². The summed E-state index contributed by atoms with van der Waals surface area (Å²) in [5, 5.41) is 7.06. The zero-order valence-corrected chi connectivity index (χ0v) is 12.7. The van der Waals surface area contributed by atoms with Crippen LogP contribution in [-0.4, -0.2) is 41.4 Å². The maximum absolute atomic E-state index is 12.3. The van der Waals surface area contributed by atoms with Crippen molar-refractivity contribution in [2.24, 2.45) is 24.1 Å². The van der Waals surface area contributed by atoms with E-state index in [1.165, 1.54) is 0 Å². The van der Waals surface area contributed by atoms with E-state index in [0.29, 0.717) is 32.6 Å². The molecule has 0 radical (unpaired) electrons. The van der Waals surface area contributed by atoms with Crippen LogP contribution in [0.2, 0.25) is 0 Å². The Morgan fingerprint density at radius 2 is 2.23 bits per heavy atom. The first-order valence-corrected chi connectivity index (χ1v) is 7.66. The Hall–Kier alpha value is -1.89. The number of ether oxygens (including phenoxy) is 1. The van der Waals surface area contributed by atoms with E-state index < -0.39 is 5.41 Å². The lowest BCUT2D eigenvalue weighted by Gasteiger charge is -2.34. The number of hydrogen-bond acceptors (Lipinski definition) is 4. The minimum absolute atomic E-state index is 0.000898. The number of carbonyl (C=O) groups is 2. The second-order valence-corrected chi connectivity index (χ2v) is 6.37. The molecular formula is C15H22N4O3. The first kappa shape index (κ1) is 15.0. The third-order valence-electron chi connectivity index (χ3n) is 4.85. The van der Waals surface area contributed by atoms with Crippen LogP contribution < -0.4 is 11.1 Å². The third-order valence-corrected chi connectivity index (χ3v) is 4.85. The van der Waals surface area contributed by atoms with Gasteiger partial charge in [0.05, 0.1) is 11.6 Å². The number of nitrogens with two attached hydrogens (primary N) is 1. The van der Waals surface area contributed by atoms with Crippen molar-refractivity contribution in [3.63, 3.8) is 0 Å². The summed E-state index contributed by atoms with van der Waals surface area (Å²) in [6.45, 7) is 1.34. The highest BCUT2D eigenvalue weighted by Crippen LogP contribution is 2.47. The van der Waals surface area contributed by atoms with E-state index in [1.54, 1.807) is 10.9 Å². The van der Waals surface area contributed by atoms with Crippen molar-refractivity contribution < 1.29 is 14.3 Å². The molecule has 2 heterocycles. The number of amides is 2. The molecule has 3 rings (SSSR count). The van der Waals surface area contributed by atoms with Gasteiger partial charge in [0.25, 0.3) is 0 Å². The predicted molar refractivity (Wildman–Crippen MR) is 78.7 cm³/mol. The number of carbonyl (C=O) groups excluding carboxylic acids is 2. The fourth-order valence-electron chi connectivity index (χ4n) is 3.14. The lowest BCUT2D eigenvalue weighted by Crippen LogP contribution is -2.49. The van der Waals surface area contributed by atoms with Gasteiger partial charge in [-0.2, -0.15) is 5.10 Å². The molecular weight excluding hydrogens is 284 g/mol. The molecule has 1 aliphatic carbocycles. The Morgan fingerprint density at radius 1 is 1.50 bits per heavy atom. The second-order valence-electron chi connectivity index (χ2n) is 6.37. The average molecular weight is 306 g/mol. The molecule has 0 spiro atoms. The molecule has 7 heteroatoms. The molecule has 2 fully saturated rings. The predicted octanol–water partition coefficient (Wildman–Crippen LogP) is -0.0781. The topological polar surface area (TPSA) is 99.2 Å². The van der Waals surface area contributed by atoms with Gasteiger partial charge in [-0.3, -0.25) is 14.3 Å². The van der Waals surface area contributed by atoms with Crippen molar-refractivity contribution in [3.8, 4) is 0 Å². The molecule has 1 saturated heterocycles. The van der Waals surface area contributed by atoms with Crippen molar-refractivity contribution in [2.75, 3.05) is 19.8 Å². The number of nitrogens with zero attached hydrogens (tertiary/aromatic N) is 2. The van der Waals surface area contributed by atoms with Gasteiger partial charge in [-0.25, -0.2) is 0 Å². The fraction of sp³-hybridized carbons (Fsp3) is 0.667. The maximum atomic E-state index is 12.3. The Bertz CT molecular complexity index is 577. The smallest absolute Gasteiger partial charge is 0.225 e. The van der Waals surface area contributed by atoms with Gasteiger partial charge in [0, 0.05) is 38.9 Å². The lowest BCUT2D eigenvalue weighted by molar-refractivity contribution is -0.134. The van der Waals surface area contributed by atoms with E-state index in [1.807, 2.05) is 13.2 Å². The van der Waals surface area contributed by atoms with Crippen molar-refractivity contribution in [3.05, 3.63) is 18.0 Å². The van der Waals surface area contributed by atoms with Crippen LogP contribution in [0.1, 0.15) is 30.7 Å². The summed E-state index contributed by atoms with van der Waals surface area (Å²) < 4.78 is 7.03. The summed E-state index contributed by atoms with van der Waals surface area (Å²) in [6, 6.07) is 0. The molecule has 1 aromatic rings. The minimum Gasteiger partial charge on any atom is -0.381 e. The third kappa shape index (κ3) is 2.85. The highest BCUT2D eigenvalue weighted by Gasteiger charge is 2.46. The summed E-state index contributed by atoms with van der Waals surface area (Å²) in [5.41, 5.74) is 5.98. The fourth-order valence-corrected chi connectivity index (χ4v) is 3.14. The normalized spacial score (nSPS) is 26.4. The van der Waals surface area contributed by atoms with Gasteiger partial charge in [0.15, 0.2) is 0 Å². The zero-order valence-electron chi connectivity index (χ0n) is 12.7. The average Bonchev–Trinajstić information content (AvgIpc) is 3.20. The van der Waals surface area contributed by atoms with Crippen LogP contribution in [0.5, 0.6) is 0 Å². The van der Waals surface area contributed by atoms with Gasteiger partial charge >= 0.3 is 0 Å². The van der Waals surface area contributed by atoms with E-state index >= 15 is 0 Å². The molecule has 2 aliphatic rings. The van der Waals surface area contributed by atoms with Crippen LogP contribution in [0, 0.1) is 11.3 Å². The highest BCUT2D eigenvalue weighted by molar-refractivity contribution is 5.85. The molecule has 0 unspecified atom stereocenters. The monoisotopic (exact) mass is 306 g/mol. The zero-order chi connectivity index (χ0) is 15.7. The van der Waals surface area contributed by atoms with E-state index in [2.05, 4.69) is 10.4 Å². The summed E-state index contributed by atoms with van der Waals surface area (Å²) in [4.78, 5) is 24.0. The summed E-state index contributed by atoms with van der Waals surface area (Å²) in [6.07, 6.45) is 5.73. The lowest BCUT2D eigenvalue weighted by atomic mass is 9.79. The molecule has 2 atom stereocenters. The number of hydrogen-bond donors (Lipinski definition) is 2. The first-order valence-electron chi connectivity index (χ1n) is 7.66. The standard InChI is InChI=1S/C15H22N4O3/c1-19-8-10(7-18-19)11-6-12(11)13(20)17-9-15(14(16)21)2-4-22-5-3-15/h7-8,11-12H,2-6,9H2,1H3,(H2,16,21)(H,17,20)/t11-,12+/m0/s1. The van der Waals surface area contributed by atoms with Gasteiger partial charge in [0.2, 0.25) is 11.8 Å². The molecule has 1 saturated carbocycles.